The van der Waals surface area contributed by atoms with Gasteiger partial charge >= 0.3 is 6.03 Å². The van der Waals surface area contributed by atoms with Gasteiger partial charge in [0.2, 0.25) is 0 Å². The van der Waals surface area contributed by atoms with Gasteiger partial charge in [0.25, 0.3) is 0 Å². The largest absolute Gasteiger partial charge is 0.495 e. The molecule has 2 aromatic carbocycles. The van der Waals surface area contributed by atoms with Crippen molar-refractivity contribution in [3.05, 3.63) is 83.7 Å². The van der Waals surface area contributed by atoms with Gasteiger partial charge in [-0.05, 0) is 41.3 Å². The van der Waals surface area contributed by atoms with Crippen molar-refractivity contribution in [3.63, 3.8) is 0 Å². The molecule has 0 fully saturated rings. The molecule has 1 aromatic heterocycles. The van der Waals surface area contributed by atoms with Crippen molar-refractivity contribution in [2.24, 2.45) is 0 Å². The molecule has 1 N–H and O–H groups in total. The average Bonchev–Trinajstić information content (AvgIpc) is 3.22. The van der Waals surface area contributed by atoms with Crippen LogP contribution in [-0.2, 0) is 6.54 Å². The van der Waals surface area contributed by atoms with E-state index in [2.05, 4.69) is 60.3 Å². The molecule has 29 heavy (non-hydrogen) atoms. The van der Waals surface area contributed by atoms with Crippen molar-refractivity contribution in [3.8, 4) is 5.75 Å². The number of amides is 2. The van der Waals surface area contributed by atoms with E-state index < -0.39 is 0 Å². The fourth-order valence-electron chi connectivity index (χ4n) is 3.95. The Bertz CT molecular complexity index is 991. The molecule has 1 unspecified atom stereocenters. The molecule has 0 aliphatic carbocycles. The maximum atomic E-state index is 13.3. The average molecular weight is 389 g/mol. The van der Waals surface area contributed by atoms with Crippen molar-refractivity contribution in [2.75, 3.05) is 19.0 Å². The zero-order chi connectivity index (χ0) is 20.4. The molecule has 0 radical (unpaired) electrons. The van der Waals surface area contributed by atoms with E-state index in [9.17, 15) is 4.79 Å². The molecule has 4 rings (SSSR count). The maximum absolute atomic E-state index is 13.3. The molecule has 2 amide bonds. The number of benzene rings is 2. The van der Waals surface area contributed by atoms with Crippen LogP contribution in [0.2, 0.25) is 0 Å². The molecule has 0 saturated heterocycles. The van der Waals surface area contributed by atoms with Gasteiger partial charge in [0, 0.05) is 25.0 Å². The highest BCUT2D eigenvalue weighted by Crippen LogP contribution is 2.34. The van der Waals surface area contributed by atoms with Crippen molar-refractivity contribution < 1.29 is 9.53 Å². The minimum absolute atomic E-state index is 0.125. The number of methoxy groups -OCH3 is 1. The van der Waals surface area contributed by atoms with Gasteiger partial charge in [0.1, 0.15) is 5.75 Å². The molecular formula is C24H27N3O2. The first-order valence-corrected chi connectivity index (χ1v) is 10.0. The number of rotatable bonds is 4. The number of nitrogens with one attached hydrogen (secondary N) is 1. The lowest BCUT2D eigenvalue weighted by molar-refractivity contribution is 0.181. The third-order valence-corrected chi connectivity index (χ3v) is 5.57. The molecule has 0 spiro atoms. The Labute approximate surface area is 171 Å². The lowest BCUT2D eigenvalue weighted by Crippen LogP contribution is -2.44. The summed E-state index contributed by atoms with van der Waals surface area (Å²) in [4.78, 5) is 15.2. The molecule has 5 nitrogen and oxygen atoms in total. The van der Waals surface area contributed by atoms with Crippen molar-refractivity contribution in [2.45, 2.75) is 32.4 Å². The number of hydrogen-bond acceptors (Lipinski definition) is 2. The minimum Gasteiger partial charge on any atom is -0.495 e. The second kappa shape index (κ2) is 8.03. The first-order chi connectivity index (χ1) is 14.1. The predicted octanol–water partition coefficient (Wildman–Crippen LogP) is 5.26. The fourth-order valence-corrected chi connectivity index (χ4v) is 3.95. The Hall–Kier alpha value is -3.21. The van der Waals surface area contributed by atoms with Crippen LogP contribution in [0.25, 0.3) is 0 Å². The third kappa shape index (κ3) is 3.73. The van der Waals surface area contributed by atoms with Crippen LogP contribution in [-0.4, -0.2) is 29.2 Å². The van der Waals surface area contributed by atoms with Crippen LogP contribution in [0.3, 0.4) is 0 Å². The van der Waals surface area contributed by atoms with Gasteiger partial charge in [-0.2, -0.15) is 0 Å². The second-order valence-corrected chi connectivity index (χ2v) is 7.67. The number of nitrogens with zero attached hydrogens (tertiary/aromatic N) is 2. The van der Waals surface area contributed by atoms with Gasteiger partial charge in [0.05, 0.1) is 18.8 Å². The van der Waals surface area contributed by atoms with Crippen LogP contribution < -0.4 is 10.1 Å². The summed E-state index contributed by atoms with van der Waals surface area (Å²) in [6, 6.07) is 20.0. The van der Waals surface area contributed by atoms with E-state index >= 15 is 0 Å². The maximum Gasteiger partial charge on any atom is 0.322 e. The van der Waals surface area contributed by atoms with Crippen LogP contribution in [0.15, 0.2) is 66.9 Å². The summed E-state index contributed by atoms with van der Waals surface area (Å²) < 4.78 is 7.62. The molecule has 5 heteroatoms. The standard InChI is InChI=1S/C24H27N3O2/c1-17(2)18-10-12-19(13-11-18)23-21-8-6-14-26(21)15-16-27(23)24(28)25-20-7-4-5-9-22(20)29-3/h4-14,17,23H,15-16H2,1-3H3,(H,25,28). The van der Waals surface area contributed by atoms with Crippen LogP contribution in [0, 0.1) is 0 Å². The Balaban J connectivity index is 1.67. The molecule has 1 aliphatic heterocycles. The molecule has 0 bridgehead atoms. The highest BCUT2D eigenvalue weighted by atomic mass is 16.5. The number of fused-ring (bicyclic) bond motifs is 1. The summed E-state index contributed by atoms with van der Waals surface area (Å²) in [5, 5.41) is 3.04. The Morgan fingerprint density at radius 2 is 1.79 bits per heavy atom. The smallest absolute Gasteiger partial charge is 0.322 e. The number of aromatic nitrogens is 1. The second-order valence-electron chi connectivity index (χ2n) is 7.67. The highest BCUT2D eigenvalue weighted by Gasteiger charge is 2.32. The Kier molecular flexibility index (Phi) is 5.30. The normalized spacial score (nSPS) is 15.9. The van der Waals surface area contributed by atoms with Gasteiger partial charge in [-0.15, -0.1) is 0 Å². The number of carbonyl (C=O) groups excluding carboxylic acids is 1. The zero-order valence-corrected chi connectivity index (χ0v) is 17.1. The lowest BCUT2D eigenvalue weighted by atomic mass is 9.96. The summed E-state index contributed by atoms with van der Waals surface area (Å²) in [6.07, 6.45) is 2.08. The van der Waals surface area contributed by atoms with Crippen molar-refractivity contribution >= 4 is 11.7 Å². The highest BCUT2D eigenvalue weighted by molar-refractivity contribution is 5.91. The molecule has 1 aliphatic rings. The Morgan fingerprint density at radius 3 is 2.52 bits per heavy atom. The fraction of sp³-hybridized carbons (Fsp3) is 0.292. The number of anilines is 1. The summed E-state index contributed by atoms with van der Waals surface area (Å²) in [6.45, 7) is 5.79. The minimum atomic E-state index is -0.130. The third-order valence-electron chi connectivity index (χ3n) is 5.57. The van der Waals surface area contributed by atoms with Gasteiger partial charge in [-0.1, -0.05) is 50.2 Å². The molecule has 150 valence electrons. The molecular weight excluding hydrogens is 362 g/mol. The van der Waals surface area contributed by atoms with Crippen molar-refractivity contribution in [1.29, 1.82) is 0 Å². The van der Waals surface area contributed by atoms with Gasteiger partial charge in [-0.25, -0.2) is 4.79 Å². The van der Waals surface area contributed by atoms with Crippen LogP contribution >= 0.6 is 0 Å². The summed E-state index contributed by atoms with van der Waals surface area (Å²) in [5.74, 6) is 1.13. The van der Waals surface area contributed by atoms with E-state index in [0.717, 1.165) is 17.8 Å². The van der Waals surface area contributed by atoms with Crippen molar-refractivity contribution in [1.82, 2.24) is 9.47 Å². The topological polar surface area (TPSA) is 46.5 Å². The molecule has 0 saturated carbocycles. The van der Waals surface area contributed by atoms with Crippen LogP contribution in [0.5, 0.6) is 5.75 Å². The van der Waals surface area contributed by atoms with Gasteiger partial charge in [0.15, 0.2) is 0 Å². The lowest BCUT2D eigenvalue weighted by Gasteiger charge is -2.37. The predicted molar refractivity (Wildman–Crippen MR) is 116 cm³/mol. The number of carbonyl (C=O) groups is 1. The van der Waals surface area contributed by atoms with E-state index in [1.807, 2.05) is 35.2 Å². The van der Waals surface area contributed by atoms with E-state index in [0.29, 0.717) is 23.9 Å². The molecule has 2 heterocycles. The first-order valence-electron chi connectivity index (χ1n) is 10.0. The van der Waals surface area contributed by atoms with Gasteiger partial charge in [-0.3, -0.25) is 0 Å². The van der Waals surface area contributed by atoms with E-state index in [1.165, 1.54) is 5.56 Å². The van der Waals surface area contributed by atoms with E-state index in [4.69, 9.17) is 4.74 Å². The number of hydrogen-bond donors (Lipinski definition) is 1. The summed E-state index contributed by atoms with van der Waals surface area (Å²) in [7, 11) is 1.61. The first kappa shape index (κ1) is 19.1. The zero-order valence-electron chi connectivity index (χ0n) is 17.1. The summed E-state index contributed by atoms with van der Waals surface area (Å²) >= 11 is 0. The SMILES string of the molecule is COc1ccccc1NC(=O)N1CCn2cccc2C1c1ccc(C(C)C)cc1. The molecule has 3 aromatic rings. The number of ether oxygens (including phenoxy) is 1. The van der Waals surface area contributed by atoms with Crippen LogP contribution in [0.4, 0.5) is 10.5 Å². The summed E-state index contributed by atoms with van der Waals surface area (Å²) in [5.41, 5.74) is 4.22. The quantitative estimate of drug-likeness (QED) is 0.662. The monoisotopic (exact) mass is 389 g/mol. The number of para-hydroxylation sites is 2. The number of urea groups is 1. The van der Waals surface area contributed by atoms with Gasteiger partial charge < -0.3 is 19.5 Å². The Morgan fingerprint density at radius 1 is 1.03 bits per heavy atom. The van der Waals surface area contributed by atoms with E-state index in [1.54, 1.807) is 7.11 Å². The van der Waals surface area contributed by atoms with Crippen LogP contribution in [0.1, 0.15) is 42.6 Å². The van der Waals surface area contributed by atoms with E-state index in [-0.39, 0.29) is 12.1 Å². The molecule has 1 atom stereocenters.